The normalized spacial score (nSPS) is 22.7. The average molecular weight is 334 g/mol. The Hall–Kier alpha value is -2.64. The summed E-state index contributed by atoms with van der Waals surface area (Å²) < 4.78 is 11.2. The second kappa shape index (κ2) is 5.77. The van der Waals surface area contributed by atoms with Crippen LogP contribution in [0.15, 0.2) is 30.3 Å². The first kappa shape index (κ1) is 16.2. The fraction of sp³-hybridized carbons (Fsp3) is 0.294. The van der Waals surface area contributed by atoms with Crippen molar-refractivity contribution in [3.8, 4) is 28.7 Å². The van der Waals surface area contributed by atoms with Gasteiger partial charge in [-0.25, -0.2) is 0 Å². The van der Waals surface area contributed by atoms with Crippen LogP contribution >= 0.6 is 0 Å². The Labute approximate surface area is 138 Å². The van der Waals surface area contributed by atoms with Crippen molar-refractivity contribution in [2.45, 2.75) is 25.2 Å². The lowest BCUT2D eigenvalue weighted by Gasteiger charge is -2.40. The highest BCUT2D eigenvalue weighted by Gasteiger charge is 2.46. The predicted molar refractivity (Wildman–Crippen MR) is 83.2 cm³/mol. The van der Waals surface area contributed by atoms with Gasteiger partial charge in [-0.1, -0.05) is 6.07 Å². The number of fused-ring (bicyclic) bond motifs is 1. The number of rotatable bonds is 3. The van der Waals surface area contributed by atoms with E-state index in [1.54, 1.807) is 6.92 Å². The van der Waals surface area contributed by atoms with Crippen molar-refractivity contribution >= 4 is 0 Å². The van der Waals surface area contributed by atoms with Gasteiger partial charge in [-0.05, 0) is 19.1 Å². The third kappa shape index (κ3) is 2.68. The maximum Gasteiger partial charge on any atom is 0.212 e. The molecule has 0 aliphatic carbocycles. The Kier molecular flexibility index (Phi) is 3.90. The van der Waals surface area contributed by atoms with Crippen molar-refractivity contribution in [3.05, 3.63) is 41.5 Å². The topological polar surface area (TPSA) is 120 Å². The average Bonchev–Trinajstić information content (AvgIpc) is 2.51. The van der Waals surface area contributed by atoms with Crippen LogP contribution in [0, 0.1) is 0 Å². The molecule has 0 fully saturated rings. The summed E-state index contributed by atoms with van der Waals surface area (Å²) in [5.41, 5.74) is 0.678. The number of ether oxygens (including phenoxy) is 2. The van der Waals surface area contributed by atoms with Gasteiger partial charge in [0.05, 0.1) is 0 Å². The maximum absolute atomic E-state index is 10.9. The number of benzene rings is 2. The quantitative estimate of drug-likeness (QED) is 0.429. The van der Waals surface area contributed by atoms with Crippen LogP contribution in [0.4, 0.5) is 0 Å². The highest BCUT2D eigenvalue weighted by molar-refractivity contribution is 5.52. The summed E-state index contributed by atoms with van der Waals surface area (Å²) in [6.45, 7) is 1.89. The lowest BCUT2D eigenvalue weighted by atomic mass is 9.90. The van der Waals surface area contributed by atoms with Crippen LogP contribution in [0.5, 0.6) is 28.7 Å². The molecule has 2 aromatic carbocycles. The Morgan fingerprint density at radius 2 is 1.83 bits per heavy atom. The Balaban J connectivity index is 2.10. The van der Waals surface area contributed by atoms with Gasteiger partial charge < -0.3 is 35.0 Å². The van der Waals surface area contributed by atoms with Gasteiger partial charge in [0, 0.05) is 36.3 Å². The van der Waals surface area contributed by atoms with Gasteiger partial charge >= 0.3 is 0 Å². The van der Waals surface area contributed by atoms with Crippen molar-refractivity contribution in [2.24, 2.45) is 0 Å². The third-order valence-electron chi connectivity index (χ3n) is 3.95. The third-order valence-corrected chi connectivity index (χ3v) is 3.95. The van der Waals surface area contributed by atoms with E-state index in [0.717, 1.165) is 6.07 Å². The van der Waals surface area contributed by atoms with Crippen LogP contribution < -0.4 is 4.74 Å². The molecule has 1 aliphatic rings. The number of hydrogen-bond acceptors (Lipinski definition) is 7. The summed E-state index contributed by atoms with van der Waals surface area (Å²) in [6.07, 6.45) is -1.10. The van der Waals surface area contributed by atoms with E-state index in [2.05, 4.69) is 0 Å². The molecular formula is C17H18O7. The number of aromatic hydroxyl groups is 4. The van der Waals surface area contributed by atoms with Gasteiger partial charge in [-0.2, -0.15) is 0 Å². The zero-order chi connectivity index (χ0) is 17.5. The van der Waals surface area contributed by atoms with E-state index in [1.165, 1.54) is 24.3 Å². The van der Waals surface area contributed by atoms with E-state index < -0.39 is 11.9 Å². The van der Waals surface area contributed by atoms with Crippen LogP contribution in [-0.2, 0) is 11.2 Å². The maximum atomic E-state index is 10.9. The summed E-state index contributed by atoms with van der Waals surface area (Å²) in [7, 11) is 0. The first-order valence-electron chi connectivity index (χ1n) is 7.43. The predicted octanol–water partition coefficient (Wildman–Crippen LogP) is 1.91. The molecule has 0 spiro atoms. The van der Waals surface area contributed by atoms with Crippen LogP contribution in [-0.4, -0.2) is 37.9 Å². The number of phenols is 4. The standard InChI is InChI=1S/C17H18O7/c1-2-23-17(22)8-11-13(20)6-10(18)7-15(11)24-16(17)9-3-4-12(19)14(21)5-9/h3-7,16,18-22H,2,8H2,1H3. The van der Waals surface area contributed by atoms with Gasteiger partial charge in [0.25, 0.3) is 0 Å². The van der Waals surface area contributed by atoms with Crippen LogP contribution in [0.1, 0.15) is 24.2 Å². The summed E-state index contributed by atoms with van der Waals surface area (Å²) in [5.74, 6) is -2.64. The molecule has 0 aromatic heterocycles. The van der Waals surface area contributed by atoms with Crippen LogP contribution in [0.3, 0.4) is 0 Å². The first-order chi connectivity index (χ1) is 11.3. The molecule has 1 heterocycles. The van der Waals surface area contributed by atoms with Crippen molar-refractivity contribution in [3.63, 3.8) is 0 Å². The van der Waals surface area contributed by atoms with Crippen molar-refractivity contribution in [1.29, 1.82) is 0 Å². The van der Waals surface area contributed by atoms with E-state index in [-0.39, 0.29) is 41.8 Å². The van der Waals surface area contributed by atoms with Crippen molar-refractivity contribution < 1.29 is 35.0 Å². The molecule has 0 radical (unpaired) electrons. The molecule has 24 heavy (non-hydrogen) atoms. The highest BCUT2D eigenvalue weighted by atomic mass is 16.7. The van der Waals surface area contributed by atoms with Gasteiger partial charge in [0.1, 0.15) is 17.2 Å². The van der Waals surface area contributed by atoms with E-state index in [9.17, 15) is 25.5 Å². The Bertz CT molecular complexity index is 774. The molecule has 7 nitrogen and oxygen atoms in total. The van der Waals surface area contributed by atoms with Crippen molar-refractivity contribution in [1.82, 2.24) is 0 Å². The summed E-state index contributed by atoms with van der Waals surface area (Å²) in [4.78, 5) is 0. The lowest BCUT2D eigenvalue weighted by molar-refractivity contribution is -0.256. The largest absolute Gasteiger partial charge is 0.508 e. The van der Waals surface area contributed by atoms with E-state index in [1.807, 2.05) is 0 Å². The molecule has 0 bridgehead atoms. The number of hydrogen-bond donors (Lipinski definition) is 5. The van der Waals surface area contributed by atoms with Crippen LogP contribution in [0.25, 0.3) is 0 Å². The number of phenolic OH excluding ortho intramolecular Hbond substituents is 4. The van der Waals surface area contributed by atoms with Gasteiger partial charge in [-0.15, -0.1) is 0 Å². The SMILES string of the molecule is CCOC1(O)Cc2c(O)cc(O)cc2OC1c1ccc(O)c(O)c1. The highest BCUT2D eigenvalue weighted by Crippen LogP contribution is 2.47. The Morgan fingerprint density at radius 3 is 2.50 bits per heavy atom. The van der Waals surface area contributed by atoms with Gasteiger partial charge in [0.2, 0.25) is 5.79 Å². The van der Waals surface area contributed by atoms with E-state index in [0.29, 0.717) is 11.1 Å². The lowest BCUT2D eigenvalue weighted by Crippen LogP contribution is -2.46. The molecule has 0 saturated carbocycles. The first-order valence-corrected chi connectivity index (χ1v) is 7.43. The second-order valence-electron chi connectivity index (χ2n) is 5.64. The molecule has 1 aliphatic heterocycles. The summed E-state index contributed by atoms with van der Waals surface area (Å²) in [5, 5.41) is 49.7. The zero-order valence-corrected chi connectivity index (χ0v) is 12.9. The van der Waals surface area contributed by atoms with Gasteiger partial charge in [0.15, 0.2) is 17.6 Å². The monoisotopic (exact) mass is 334 g/mol. The minimum absolute atomic E-state index is 0.0748. The molecule has 2 atom stereocenters. The molecule has 0 amide bonds. The fourth-order valence-electron chi connectivity index (χ4n) is 2.87. The van der Waals surface area contributed by atoms with Crippen molar-refractivity contribution in [2.75, 3.05) is 6.61 Å². The summed E-state index contributed by atoms with van der Waals surface area (Å²) in [6, 6.07) is 6.50. The molecule has 2 aromatic rings. The van der Waals surface area contributed by atoms with E-state index in [4.69, 9.17) is 9.47 Å². The molecule has 7 heteroatoms. The fourth-order valence-corrected chi connectivity index (χ4v) is 2.87. The molecule has 2 unspecified atom stereocenters. The van der Waals surface area contributed by atoms with E-state index >= 15 is 0 Å². The number of aliphatic hydroxyl groups is 1. The molecule has 0 saturated heterocycles. The smallest absolute Gasteiger partial charge is 0.212 e. The zero-order valence-electron chi connectivity index (χ0n) is 12.9. The minimum atomic E-state index is -1.79. The minimum Gasteiger partial charge on any atom is -0.508 e. The Morgan fingerprint density at radius 1 is 1.08 bits per heavy atom. The second-order valence-corrected chi connectivity index (χ2v) is 5.64. The molecule has 5 N–H and O–H groups in total. The van der Waals surface area contributed by atoms with Crippen LogP contribution in [0.2, 0.25) is 0 Å². The molecular weight excluding hydrogens is 316 g/mol. The molecule has 3 rings (SSSR count). The molecule has 128 valence electrons. The summed E-state index contributed by atoms with van der Waals surface area (Å²) >= 11 is 0. The van der Waals surface area contributed by atoms with Gasteiger partial charge in [-0.3, -0.25) is 0 Å².